The number of rotatable bonds is 11. The second-order valence-corrected chi connectivity index (χ2v) is 11.6. The highest BCUT2D eigenvalue weighted by Gasteiger charge is 2.32. The number of nitrogens with zero attached hydrogens (tertiary/aromatic N) is 1. The first-order valence-electron chi connectivity index (χ1n) is 14.4. The van der Waals surface area contributed by atoms with Gasteiger partial charge in [0.1, 0.15) is 0 Å². The Morgan fingerprint density at radius 1 is 1.05 bits per heavy atom. The van der Waals surface area contributed by atoms with Gasteiger partial charge in [0.05, 0.1) is 0 Å². The fourth-order valence-electron chi connectivity index (χ4n) is 5.64. The van der Waals surface area contributed by atoms with Crippen LogP contribution in [-0.2, 0) is 4.79 Å². The fourth-order valence-corrected chi connectivity index (χ4v) is 5.82. The SMILES string of the molecule is CC[C@H](CN1CCC(CNC(=O)c2ccc3cc(Cl)ccc3c2)CC(CCNC(C)C)C1=O)c1ccccc1. The standard InChI is InChI=1S/C33H42ClN3O2/c1-4-25(26-8-6-5-7-9-26)22-37-17-15-24(18-30(33(37)39)14-16-35-23(2)3)21-36-32(38)29-11-10-28-20-31(34)13-12-27(28)19-29/h5-13,19-20,23-25,30,35H,4,14-18,21-22H2,1-3H3,(H,36,38)/t24?,25-,30?/m1/s1. The van der Waals surface area contributed by atoms with E-state index in [2.05, 4.69) is 60.6 Å². The number of amides is 2. The first kappa shape index (κ1) is 29.1. The summed E-state index contributed by atoms with van der Waals surface area (Å²) in [4.78, 5) is 28.9. The lowest BCUT2D eigenvalue weighted by atomic mass is 9.90. The Bertz CT molecular complexity index is 1250. The van der Waals surface area contributed by atoms with E-state index in [1.54, 1.807) is 0 Å². The van der Waals surface area contributed by atoms with Crippen LogP contribution in [0.5, 0.6) is 0 Å². The molecule has 0 radical (unpaired) electrons. The van der Waals surface area contributed by atoms with Crippen LogP contribution in [0.1, 0.15) is 68.3 Å². The molecule has 1 heterocycles. The van der Waals surface area contributed by atoms with Gasteiger partial charge in [0.2, 0.25) is 5.91 Å². The lowest BCUT2D eigenvalue weighted by Crippen LogP contribution is -2.39. The second kappa shape index (κ2) is 14.0. The largest absolute Gasteiger partial charge is 0.352 e. The summed E-state index contributed by atoms with van der Waals surface area (Å²) in [5.41, 5.74) is 1.93. The molecule has 1 fully saturated rings. The van der Waals surface area contributed by atoms with Crippen LogP contribution in [0.4, 0.5) is 0 Å². The Morgan fingerprint density at radius 3 is 2.54 bits per heavy atom. The summed E-state index contributed by atoms with van der Waals surface area (Å²) in [5.74, 6) is 0.718. The predicted molar refractivity (Wildman–Crippen MR) is 161 cm³/mol. The van der Waals surface area contributed by atoms with Crippen molar-refractivity contribution in [2.24, 2.45) is 11.8 Å². The van der Waals surface area contributed by atoms with Gasteiger partial charge < -0.3 is 15.5 Å². The Morgan fingerprint density at radius 2 is 1.79 bits per heavy atom. The molecule has 4 rings (SSSR count). The van der Waals surface area contributed by atoms with E-state index in [-0.39, 0.29) is 23.7 Å². The Labute approximate surface area is 238 Å². The number of nitrogens with one attached hydrogen (secondary N) is 2. The third-order valence-corrected chi connectivity index (χ3v) is 8.19. The highest BCUT2D eigenvalue weighted by molar-refractivity contribution is 6.31. The molecule has 39 heavy (non-hydrogen) atoms. The summed E-state index contributed by atoms with van der Waals surface area (Å²) in [6.07, 6.45) is 3.49. The number of halogens is 1. The van der Waals surface area contributed by atoms with Crippen LogP contribution in [0.2, 0.25) is 5.02 Å². The summed E-state index contributed by atoms with van der Waals surface area (Å²) in [6, 6.07) is 22.3. The molecule has 5 nitrogen and oxygen atoms in total. The molecular weight excluding hydrogens is 506 g/mol. The van der Waals surface area contributed by atoms with E-state index in [1.165, 1.54) is 5.56 Å². The van der Waals surface area contributed by atoms with Crippen LogP contribution in [0.25, 0.3) is 10.8 Å². The molecule has 3 atom stereocenters. The second-order valence-electron chi connectivity index (χ2n) is 11.2. The first-order valence-corrected chi connectivity index (χ1v) is 14.8. The van der Waals surface area contributed by atoms with E-state index in [9.17, 15) is 9.59 Å². The third-order valence-electron chi connectivity index (χ3n) is 7.95. The molecule has 2 amide bonds. The molecule has 1 aliphatic heterocycles. The number of hydrogen-bond acceptors (Lipinski definition) is 3. The van der Waals surface area contributed by atoms with Gasteiger partial charge in [-0.15, -0.1) is 0 Å². The van der Waals surface area contributed by atoms with E-state index in [1.807, 2.05) is 42.5 Å². The van der Waals surface area contributed by atoms with Crippen molar-refractivity contribution in [2.45, 2.75) is 58.4 Å². The molecule has 0 spiro atoms. The van der Waals surface area contributed by atoms with Crippen LogP contribution in [-0.4, -0.2) is 48.9 Å². The van der Waals surface area contributed by atoms with Gasteiger partial charge in [-0.05, 0) is 78.7 Å². The van der Waals surface area contributed by atoms with Gasteiger partial charge >= 0.3 is 0 Å². The zero-order chi connectivity index (χ0) is 27.8. The van der Waals surface area contributed by atoms with E-state index in [0.29, 0.717) is 29.1 Å². The lowest BCUT2D eigenvalue weighted by Gasteiger charge is -2.29. The highest BCUT2D eigenvalue weighted by Crippen LogP contribution is 2.29. The van der Waals surface area contributed by atoms with Crippen molar-refractivity contribution in [3.63, 3.8) is 0 Å². The van der Waals surface area contributed by atoms with Gasteiger partial charge in [-0.25, -0.2) is 0 Å². The number of carbonyl (C=O) groups excluding carboxylic acids is 2. The number of benzene rings is 3. The van der Waals surface area contributed by atoms with Gasteiger partial charge in [0.15, 0.2) is 0 Å². The molecule has 1 aliphatic rings. The zero-order valence-corrected chi connectivity index (χ0v) is 24.2. The van der Waals surface area contributed by atoms with Crippen LogP contribution < -0.4 is 10.6 Å². The lowest BCUT2D eigenvalue weighted by molar-refractivity contribution is -0.135. The molecule has 0 aliphatic carbocycles. The minimum atomic E-state index is -0.0765. The Balaban J connectivity index is 1.43. The predicted octanol–water partition coefficient (Wildman–Crippen LogP) is 6.66. The topological polar surface area (TPSA) is 61.4 Å². The van der Waals surface area contributed by atoms with Gasteiger partial charge in [0, 0.05) is 48.1 Å². The molecule has 1 saturated heterocycles. The third kappa shape index (κ3) is 8.06. The molecule has 3 aromatic rings. The Kier molecular flexibility index (Phi) is 10.4. The number of hydrogen-bond donors (Lipinski definition) is 2. The van der Waals surface area contributed by atoms with Gasteiger partial charge in [-0.3, -0.25) is 9.59 Å². The van der Waals surface area contributed by atoms with E-state index >= 15 is 0 Å². The summed E-state index contributed by atoms with van der Waals surface area (Å²) in [5, 5.41) is 9.33. The minimum Gasteiger partial charge on any atom is -0.352 e. The quantitative estimate of drug-likeness (QED) is 0.282. The molecule has 0 saturated carbocycles. The number of carbonyl (C=O) groups is 2. The highest BCUT2D eigenvalue weighted by atomic mass is 35.5. The molecular formula is C33H42ClN3O2. The number of likely N-dealkylation sites (tertiary alicyclic amines) is 1. The van der Waals surface area contributed by atoms with Crippen LogP contribution in [0.3, 0.4) is 0 Å². The van der Waals surface area contributed by atoms with Crippen molar-refractivity contribution in [3.05, 3.63) is 82.9 Å². The first-order chi connectivity index (χ1) is 18.8. The molecule has 3 aromatic carbocycles. The van der Waals surface area contributed by atoms with E-state index in [4.69, 9.17) is 11.6 Å². The molecule has 2 unspecified atom stereocenters. The van der Waals surface area contributed by atoms with Crippen LogP contribution in [0, 0.1) is 11.8 Å². The van der Waals surface area contributed by atoms with Crippen molar-refractivity contribution < 1.29 is 9.59 Å². The van der Waals surface area contributed by atoms with E-state index < -0.39 is 0 Å². The maximum Gasteiger partial charge on any atom is 0.251 e. The molecule has 208 valence electrons. The summed E-state index contributed by atoms with van der Waals surface area (Å²) < 4.78 is 0. The zero-order valence-electron chi connectivity index (χ0n) is 23.5. The normalized spacial score (nSPS) is 18.8. The smallest absolute Gasteiger partial charge is 0.251 e. The van der Waals surface area contributed by atoms with Gasteiger partial charge in [-0.2, -0.15) is 0 Å². The maximum absolute atomic E-state index is 13.8. The van der Waals surface area contributed by atoms with Crippen LogP contribution in [0.15, 0.2) is 66.7 Å². The van der Waals surface area contributed by atoms with Gasteiger partial charge in [-0.1, -0.05) is 74.8 Å². The average molecular weight is 548 g/mol. The summed E-state index contributed by atoms with van der Waals surface area (Å²) in [7, 11) is 0. The molecule has 0 aromatic heterocycles. The van der Waals surface area contributed by atoms with Crippen molar-refractivity contribution in [1.82, 2.24) is 15.5 Å². The maximum atomic E-state index is 13.8. The molecule has 0 bridgehead atoms. The van der Waals surface area contributed by atoms with Crippen molar-refractivity contribution in [1.29, 1.82) is 0 Å². The Hall–Kier alpha value is -2.89. The monoisotopic (exact) mass is 547 g/mol. The van der Waals surface area contributed by atoms with E-state index in [0.717, 1.165) is 56.1 Å². The molecule has 2 N–H and O–H groups in total. The molecule has 6 heteroatoms. The van der Waals surface area contributed by atoms with Gasteiger partial charge in [0.25, 0.3) is 5.91 Å². The van der Waals surface area contributed by atoms with Crippen LogP contribution >= 0.6 is 11.6 Å². The number of fused-ring (bicyclic) bond motifs is 1. The van der Waals surface area contributed by atoms with Crippen molar-refractivity contribution in [2.75, 3.05) is 26.2 Å². The van der Waals surface area contributed by atoms with Crippen molar-refractivity contribution >= 4 is 34.2 Å². The summed E-state index contributed by atoms with van der Waals surface area (Å²) in [6.45, 7) is 9.32. The minimum absolute atomic E-state index is 0.0423. The fraction of sp³-hybridized carbons (Fsp3) is 0.455. The van der Waals surface area contributed by atoms with Crippen molar-refractivity contribution in [3.8, 4) is 0 Å². The average Bonchev–Trinajstić information content (AvgIpc) is 3.08. The summed E-state index contributed by atoms with van der Waals surface area (Å²) >= 11 is 6.11.